The van der Waals surface area contributed by atoms with E-state index in [9.17, 15) is 0 Å². The zero-order valence-electron chi connectivity index (χ0n) is 16.8. The number of hydrogen-bond donors (Lipinski definition) is 1. The summed E-state index contributed by atoms with van der Waals surface area (Å²) in [5.74, 6) is 0. The molecule has 0 bridgehead atoms. The molecule has 0 heterocycles. The maximum atomic E-state index is 7.58. The summed E-state index contributed by atoms with van der Waals surface area (Å²) >= 11 is 2.34. The van der Waals surface area contributed by atoms with Gasteiger partial charge in [-0.15, -0.1) is 0 Å². The SMILES string of the molecule is [SH][Zr]([Cl])([Cl])([c]1cccc2c1Cc1cc(Br)ccc1-2)[c]1cccc2c1Cc1cc(Br)ccc1-2. The normalized spacial score (nSPS) is 14.8. The first-order chi connectivity index (χ1) is 15.2. The summed E-state index contributed by atoms with van der Waals surface area (Å²) in [6.07, 6.45) is 1.65. The van der Waals surface area contributed by atoms with E-state index in [1.807, 2.05) is 0 Å². The van der Waals surface area contributed by atoms with E-state index in [1.165, 1.54) is 44.5 Å². The molecule has 4 aromatic carbocycles. The van der Waals surface area contributed by atoms with Gasteiger partial charge in [-0.05, 0) is 0 Å². The van der Waals surface area contributed by atoms with Crippen molar-refractivity contribution >= 4 is 64.8 Å². The van der Waals surface area contributed by atoms with Crippen molar-refractivity contribution in [2.24, 2.45) is 0 Å². The molecule has 2 aliphatic carbocycles. The van der Waals surface area contributed by atoms with Crippen molar-refractivity contribution in [3.05, 3.63) is 104 Å². The van der Waals surface area contributed by atoms with Gasteiger partial charge in [0.25, 0.3) is 0 Å². The van der Waals surface area contributed by atoms with Crippen molar-refractivity contribution in [3.63, 3.8) is 0 Å². The first-order valence-electron chi connectivity index (χ1n) is 10.4. The first-order valence-corrected chi connectivity index (χ1v) is 24.5. The number of thiol groups is 1. The van der Waals surface area contributed by atoms with Gasteiger partial charge < -0.3 is 0 Å². The quantitative estimate of drug-likeness (QED) is 0.175. The molecule has 0 aliphatic heterocycles. The second kappa shape index (κ2) is 7.57. The number of halogens is 4. The van der Waals surface area contributed by atoms with Crippen LogP contribution in [0.4, 0.5) is 0 Å². The Bertz CT molecular complexity index is 1350. The Kier molecular flexibility index (Phi) is 5.24. The molecule has 0 radical (unpaired) electrons. The minimum atomic E-state index is -4.88. The summed E-state index contributed by atoms with van der Waals surface area (Å²) in [4.78, 5) is 0. The first kappa shape index (κ1) is 22.1. The van der Waals surface area contributed by atoms with Crippen LogP contribution < -0.4 is 6.54 Å². The van der Waals surface area contributed by atoms with E-state index in [0.717, 1.165) is 28.3 Å². The van der Waals surface area contributed by atoms with Crippen molar-refractivity contribution < 1.29 is 14.9 Å². The van der Waals surface area contributed by atoms with Crippen molar-refractivity contribution in [1.82, 2.24) is 0 Å². The molecule has 0 nitrogen and oxygen atoms in total. The molecule has 0 saturated heterocycles. The molecule has 6 heteroatoms. The third-order valence-electron chi connectivity index (χ3n) is 6.72. The van der Waals surface area contributed by atoms with Gasteiger partial charge in [-0.25, -0.2) is 0 Å². The van der Waals surface area contributed by atoms with Gasteiger partial charge in [0.2, 0.25) is 0 Å². The van der Waals surface area contributed by atoms with Crippen LogP contribution in [-0.2, 0) is 27.8 Å². The second-order valence-electron chi connectivity index (χ2n) is 8.59. The molecule has 0 unspecified atom stereocenters. The molecular formula is C26H17Br2Cl2SZr. The summed E-state index contributed by atoms with van der Waals surface area (Å²) < 4.78 is 4.24. The fourth-order valence-electron chi connectivity index (χ4n) is 5.33. The summed E-state index contributed by atoms with van der Waals surface area (Å²) in [6, 6.07) is 25.6. The van der Waals surface area contributed by atoms with Crippen LogP contribution in [0.25, 0.3) is 22.3 Å². The third kappa shape index (κ3) is 3.32. The van der Waals surface area contributed by atoms with E-state index >= 15 is 0 Å². The molecule has 159 valence electrons. The monoisotopic (exact) mass is 679 g/mol. The molecule has 0 fully saturated rings. The predicted molar refractivity (Wildman–Crippen MR) is 145 cm³/mol. The number of hydrogen-bond acceptors (Lipinski definition) is 1. The molecule has 6 rings (SSSR count). The number of rotatable bonds is 2. The van der Waals surface area contributed by atoms with E-state index in [1.54, 1.807) is 0 Å². The average Bonchev–Trinajstić information content (AvgIpc) is 3.29. The number of fused-ring (bicyclic) bond motifs is 6. The van der Waals surface area contributed by atoms with Gasteiger partial charge in [-0.1, -0.05) is 0 Å². The van der Waals surface area contributed by atoms with Crippen molar-refractivity contribution in [2.45, 2.75) is 12.8 Å². The van der Waals surface area contributed by atoms with Crippen LogP contribution >= 0.6 is 58.3 Å². The maximum absolute atomic E-state index is 7.58. The summed E-state index contributed by atoms with van der Waals surface area (Å²) in [7, 11) is 20.4. The van der Waals surface area contributed by atoms with E-state index in [0.29, 0.717) is 0 Å². The van der Waals surface area contributed by atoms with Crippen LogP contribution in [0, 0.1) is 0 Å². The molecule has 0 N–H and O–H groups in total. The topological polar surface area (TPSA) is 0 Å². The standard InChI is InChI=1S/2C13H8Br.2ClH.H2S.Zr/c2*14-11-5-6-13-10(8-11)7-9-3-1-2-4-12(9)13;;;;/h2*1-2,4-6,8H,7H2;2*1H;1H2;/q;;;;;+3/p-3. The zero-order chi connectivity index (χ0) is 22.3. The Labute approximate surface area is 216 Å². The van der Waals surface area contributed by atoms with Gasteiger partial charge in [0, 0.05) is 0 Å². The zero-order valence-corrected chi connectivity index (χ0v) is 24.8. The Hall–Kier alpha value is -0.347. The molecular weight excluding hydrogens is 666 g/mol. The average molecular weight is 683 g/mol. The molecule has 0 atom stereocenters. The third-order valence-corrected chi connectivity index (χ3v) is 22.2. The van der Waals surface area contributed by atoms with Gasteiger partial charge in [0.15, 0.2) is 0 Å². The van der Waals surface area contributed by atoms with Gasteiger partial charge in [0.1, 0.15) is 0 Å². The van der Waals surface area contributed by atoms with Gasteiger partial charge in [-0.3, -0.25) is 0 Å². The molecule has 0 saturated carbocycles. The van der Waals surface area contributed by atoms with Crippen molar-refractivity contribution in [1.29, 1.82) is 0 Å². The van der Waals surface area contributed by atoms with Crippen LogP contribution in [0.1, 0.15) is 22.3 Å². The van der Waals surface area contributed by atoms with E-state index in [4.69, 9.17) is 26.4 Å². The van der Waals surface area contributed by atoms with Gasteiger partial charge >= 0.3 is 219 Å². The number of benzene rings is 4. The molecule has 0 spiro atoms. The second-order valence-corrected chi connectivity index (χ2v) is 36.3. The van der Waals surface area contributed by atoms with E-state index in [2.05, 4.69) is 105 Å². The van der Waals surface area contributed by atoms with Crippen molar-refractivity contribution in [2.75, 3.05) is 0 Å². The minimum absolute atomic E-state index is 0.826. The Morgan fingerprint density at radius 1 is 0.625 bits per heavy atom. The van der Waals surface area contributed by atoms with Crippen LogP contribution in [0.15, 0.2) is 81.7 Å². The summed E-state index contributed by atoms with van der Waals surface area (Å²) in [5.41, 5.74) is 10.0. The van der Waals surface area contributed by atoms with Crippen molar-refractivity contribution in [3.8, 4) is 22.3 Å². The van der Waals surface area contributed by atoms with E-state index in [-0.39, 0.29) is 0 Å². The predicted octanol–water partition coefficient (Wildman–Crippen LogP) is 8.15. The van der Waals surface area contributed by atoms with E-state index < -0.39 is 14.9 Å². The fourth-order valence-corrected chi connectivity index (χ4v) is 19.0. The Balaban J connectivity index is 1.55. The Morgan fingerprint density at radius 3 is 1.50 bits per heavy atom. The molecule has 0 amide bonds. The fraction of sp³-hybridized carbons (Fsp3) is 0.0769. The van der Waals surface area contributed by atoms with Crippen LogP contribution in [-0.4, -0.2) is 0 Å². The Morgan fingerprint density at radius 2 is 1.06 bits per heavy atom. The summed E-state index contributed by atoms with van der Waals surface area (Å²) in [5, 5.41) is 0. The molecule has 32 heavy (non-hydrogen) atoms. The molecule has 2 aliphatic rings. The van der Waals surface area contributed by atoms with Crippen LogP contribution in [0.5, 0.6) is 0 Å². The van der Waals surface area contributed by atoms with Crippen LogP contribution in [0.2, 0.25) is 0 Å². The van der Waals surface area contributed by atoms with Gasteiger partial charge in [-0.2, -0.15) is 0 Å². The molecule has 4 aromatic rings. The van der Waals surface area contributed by atoms with Crippen LogP contribution in [0.3, 0.4) is 0 Å². The van der Waals surface area contributed by atoms with Gasteiger partial charge in [0.05, 0.1) is 0 Å². The summed E-state index contributed by atoms with van der Waals surface area (Å²) in [6.45, 7) is 0. The molecule has 0 aromatic heterocycles.